The Kier molecular flexibility index (Phi) is 3.72. The maximum atomic E-state index is 6.00. The van der Waals surface area contributed by atoms with Gasteiger partial charge in [-0.3, -0.25) is 0 Å². The first-order chi connectivity index (χ1) is 8.84. The Morgan fingerprint density at radius 1 is 0.833 bits per heavy atom. The van der Waals surface area contributed by atoms with Gasteiger partial charge in [-0.15, -0.1) is 0 Å². The number of rotatable bonds is 2. The maximum Gasteiger partial charge on any atom is 0.191 e. The first kappa shape index (κ1) is 12.3. The van der Waals surface area contributed by atoms with Gasteiger partial charge >= 0.3 is 0 Å². The van der Waals surface area contributed by atoms with E-state index in [9.17, 15) is 0 Å². The van der Waals surface area contributed by atoms with Gasteiger partial charge in [0, 0.05) is 18.8 Å². The largest absolute Gasteiger partial charge is 0.445 e. The normalized spacial score (nSPS) is 23.4. The molecule has 100 valence electrons. The van der Waals surface area contributed by atoms with Gasteiger partial charge in [-0.05, 0) is 25.7 Å². The van der Waals surface area contributed by atoms with Crippen LogP contribution < -0.4 is 0 Å². The van der Waals surface area contributed by atoms with Crippen molar-refractivity contribution in [2.45, 2.75) is 83.0 Å². The Morgan fingerprint density at radius 3 is 2.00 bits per heavy atom. The molecule has 3 rings (SSSR count). The Labute approximate surface area is 110 Å². The zero-order valence-electron chi connectivity index (χ0n) is 11.6. The lowest BCUT2D eigenvalue weighted by atomic mass is 9.81. The molecule has 0 radical (unpaired) electrons. The monoisotopic (exact) mass is 247 g/mol. The highest BCUT2D eigenvalue weighted by Gasteiger charge is 2.28. The lowest BCUT2D eigenvalue weighted by molar-refractivity contribution is 0.355. The molecule has 0 spiro atoms. The minimum atomic E-state index is 0.664. The molecule has 18 heavy (non-hydrogen) atoms. The van der Waals surface area contributed by atoms with Crippen molar-refractivity contribution in [2.75, 3.05) is 0 Å². The summed E-state index contributed by atoms with van der Waals surface area (Å²) < 4.78 is 6.00. The molecule has 0 saturated heterocycles. The summed E-state index contributed by atoms with van der Waals surface area (Å²) >= 11 is 0. The molecular formula is C16H25NO. The predicted octanol–water partition coefficient (Wildman–Crippen LogP) is 5.08. The molecule has 1 aromatic heterocycles. The van der Waals surface area contributed by atoms with E-state index in [1.807, 2.05) is 6.92 Å². The van der Waals surface area contributed by atoms with Crippen molar-refractivity contribution in [2.24, 2.45) is 0 Å². The van der Waals surface area contributed by atoms with E-state index in [0.29, 0.717) is 11.8 Å². The first-order valence-corrected chi connectivity index (χ1v) is 7.82. The van der Waals surface area contributed by atoms with E-state index >= 15 is 0 Å². The Bertz CT molecular complexity index is 348. The fourth-order valence-electron chi connectivity index (χ4n) is 3.78. The SMILES string of the molecule is Cc1nc(C2CCCCC2)c(C2CCCCC2)o1. The molecule has 0 atom stereocenters. The van der Waals surface area contributed by atoms with Gasteiger partial charge in [0.1, 0.15) is 5.76 Å². The van der Waals surface area contributed by atoms with Crippen molar-refractivity contribution < 1.29 is 4.42 Å². The summed E-state index contributed by atoms with van der Waals surface area (Å²) in [4.78, 5) is 4.74. The average Bonchev–Trinajstić information content (AvgIpc) is 2.83. The Hall–Kier alpha value is -0.790. The van der Waals surface area contributed by atoms with E-state index in [4.69, 9.17) is 9.40 Å². The molecule has 1 aromatic rings. The zero-order chi connectivity index (χ0) is 12.4. The van der Waals surface area contributed by atoms with Gasteiger partial charge in [-0.25, -0.2) is 4.98 Å². The van der Waals surface area contributed by atoms with Gasteiger partial charge in [-0.1, -0.05) is 38.5 Å². The van der Waals surface area contributed by atoms with E-state index in [1.165, 1.54) is 75.7 Å². The summed E-state index contributed by atoms with van der Waals surface area (Å²) in [5.41, 5.74) is 1.33. The van der Waals surface area contributed by atoms with E-state index < -0.39 is 0 Å². The second-order valence-corrected chi connectivity index (χ2v) is 6.15. The van der Waals surface area contributed by atoms with Gasteiger partial charge in [0.15, 0.2) is 5.89 Å². The lowest BCUT2D eigenvalue weighted by Gasteiger charge is -2.24. The van der Waals surface area contributed by atoms with Crippen LogP contribution >= 0.6 is 0 Å². The molecule has 2 fully saturated rings. The highest BCUT2D eigenvalue weighted by atomic mass is 16.4. The van der Waals surface area contributed by atoms with Crippen LogP contribution in [0.15, 0.2) is 4.42 Å². The number of aromatic nitrogens is 1. The Balaban J connectivity index is 1.83. The zero-order valence-corrected chi connectivity index (χ0v) is 11.6. The average molecular weight is 247 g/mol. The molecule has 1 heterocycles. The predicted molar refractivity (Wildman–Crippen MR) is 72.9 cm³/mol. The number of nitrogens with zero attached hydrogens (tertiary/aromatic N) is 1. The second-order valence-electron chi connectivity index (χ2n) is 6.15. The smallest absolute Gasteiger partial charge is 0.191 e. The highest BCUT2D eigenvalue weighted by molar-refractivity contribution is 5.20. The molecule has 0 unspecified atom stereocenters. The molecule has 2 heteroatoms. The van der Waals surface area contributed by atoms with E-state index in [-0.39, 0.29) is 0 Å². The van der Waals surface area contributed by atoms with Crippen LogP contribution in [0.1, 0.15) is 93.4 Å². The fourth-order valence-corrected chi connectivity index (χ4v) is 3.78. The summed E-state index contributed by atoms with van der Waals surface area (Å²) in [6.45, 7) is 2.01. The fraction of sp³-hybridized carbons (Fsp3) is 0.812. The van der Waals surface area contributed by atoms with Crippen LogP contribution in [0.25, 0.3) is 0 Å². The standard InChI is InChI=1S/C16H25NO/c1-12-17-15(13-8-4-2-5-9-13)16(18-12)14-10-6-3-7-11-14/h13-14H,2-11H2,1H3. The number of aryl methyl sites for hydroxylation is 1. The molecule has 0 aromatic carbocycles. The number of hydrogen-bond acceptors (Lipinski definition) is 2. The first-order valence-electron chi connectivity index (χ1n) is 7.82. The minimum absolute atomic E-state index is 0.664. The van der Waals surface area contributed by atoms with Crippen LogP contribution in [0, 0.1) is 6.92 Å². The van der Waals surface area contributed by atoms with E-state index in [0.717, 1.165) is 5.89 Å². The quantitative estimate of drug-likeness (QED) is 0.728. The summed E-state index contributed by atoms with van der Waals surface area (Å²) in [6.07, 6.45) is 13.6. The third kappa shape index (κ3) is 2.48. The van der Waals surface area contributed by atoms with Crippen LogP contribution in [-0.2, 0) is 0 Å². The summed E-state index contributed by atoms with van der Waals surface area (Å²) in [7, 11) is 0. The van der Waals surface area contributed by atoms with Crippen LogP contribution in [0.4, 0.5) is 0 Å². The van der Waals surface area contributed by atoms with Gasteiger partial charge in [-0.2, -0.15) is 0 Å². The molecule has 2 aliphatic rings. The molecule has 2 aliphatic carbocycles. The van der Waals surface area contributed by atoms with Crippen molar-refractivity contribution in [1.82, 2.24) is 4.98 Å². The van der Waals surface area contributed by atoms with Crippen LogP contribution in [0.3, 0.4) is 0 Å². The lowest BCUT2D eigenvalue weighted by Crippen LogP contribution is -2.11. The molecule has 0 amide bonds. The van der Waals surface area contributed by atoms with Crippen LogP contribution in [0.2, 0.25) is 0 Å². The van der Waals surface area contributed by atoms with Crippen molar-refractivity contribution in [1.29, 1.82) is 0 Å². The molecular weight excluding hydrogens is 222 g/mol. The third-order valence-electron chi connectivity index (χ3n) is 4.76. The van der Waals surface area contributed by atoms with Gasteiger partial charge < -0.3 is 4.42 Å². The molecule has 2 saturated carbocycles. The minimum Gasteiger partial charge on any atom is -0.445 e. The van der Waals surface area contributed by atoms with Gasteiger partial charge in [0.05, 0.1) is 5.69 Å². The van der Waals surface area contributed by atoms with Gasteiger partial charge in [0.2, 0.25) is 0 Å². The molecule has 0 aliphatic heterocycles. The third-order valence-corrected chi connectivity index (χ3v) is 4.76. The summed E-state index contributed by atoms with van der Waals surface area (Å²) in [5, 5.41) is 0. The number of hydrogen-bond donors (Lipinski definition) is 0. The van der Waals surface area contributed by atoms with Crippen LogP contribution in [0.5, 0.6) is 0 Å². The summed E-state index contributed by atoms with van der Waals surface area (Å²) in [6, 6.07) is 0. The summed E-state index contributed by atoms with van der Waals surface area (Å²) in [5.74, 6) is 3.50. The van der Waals surface area contributed by atoms with Crippen molar-refractivity contribution >= 4 is 0 Å². The number of oxazole rings is 1. The van der Waals surface area contributed by atoms with Crippen molar-refractivity contribution in [3.8, 4) is 0 Å². The van der Waals surface area contributed by atoms with E-state index in [2.05, 4.69) is 0 Å². The van der Waals surface area contributed by atoms with E-state index in [1.54, 1.807) is 0 Å². The second kappa shape index (κ2) is 5.46. The molecule has 2 nitrogen and oxygen atoms in total. The topological polar surface area (TPSA) is 26.0 Å². The van der Waals surface area contributed by atoms with Crippen LogP contribution in [-0.4, -0.2) is 4.98 Å². The molecule has 0 N–H and O–H groups in total. The van der Waals surface area contributed by atoms with Gasteiger partial charge in [0.25, 0.3) is 0 Å². The maximum absolute atomic E-state index is 6.00. The van der Waals surface area contributed by atoms with Crippen molar-refractivity contribution in [3.05, 3.63) is 17.3 Å². The Morgan fingerprint density at radius 2 is 1.39 bits per heavy atom. The molecule has 0 bridgehead atoms. The van der Waals surface area contributed by atoms with Crippen molar-refractivity contribution in [3.63, 3.8) is 0 Å². The highest BCUT2D eigenvalue weighted by Crippen LogP contribution is 2.40.